The van der Waals surface area contributed by atoms with Crippen molar-refractivity contribution in [3.63, 3.8) is 0 Å². The molecule has 1 heterocycles. The van der Waals surface area contributed by atoms with Gasteiger partial charge in [0.15, 0.2) is 0 Å². The molecule has 22 heavy (non-hydrogen) atoms. The first kappa shape index (κ1) is 17.4. The minimum absolute atomic E-state index is 0.0654. The summed E-state index contributed by atoms with van der Waals surface area (Å²) in [4.78, 5) is -0.279. The number of benzene rings is 1. The predicted molar refractivity (Wildman–Crippen MR) is 82.9 cm³/mol. The van der Waals surface area contributed by atoms with Crippen LogP contribution < -0.4 is 10.9 Å². The highest BCUT2D eigenvalue weighted by Gasteiger charge is 2.33. The molecule has 0 aromatic heterocycles. The summed E-state index contributed by atoms with van der Waals surface area (Å²) >= 11 is 0. The zero-order valence-corrected chi connectivity index (χ0v) is 14.0. The van der Waals surface area contributed by atoms with E-state index >= 15 is 0 Å². The van der Waals surface area contributed by atoms with Crippen LogP contribution in [0, 0.1) is 11.8 Å². The van der Waals surface area contributed by atoms with Crippen molar-refractivity contribution in [2.75, 3.05) is 19.6 Å². The molecule has 0 saturated carbocycles. The Hall–Kier alpha value is -1.00. The molecule has 9 heteroatoms. The van der Waals surface area contributed by atoms with Gasteiger partial charge in [0.1, 0.15) is 0 Å². The molecule has 0 aliphatic carbocycles. The van der Waals surface area contributed by atoms with Crippen molar-refractivity contribution in [3.05, 3.63) is 24.3 Å². The molecule has 2 unspecified atom stereocenters. The minimum atomic E-state index is -3.94. The molecule has 2 atom stereocenters. The summed E-state index contributed by atoms with van der Waals surface area (Å²) in [5, 5.41) is 5.06. The summed E-state index contributed by atoms with van der Waals surface area (Å²) < 4.78 is 49.5. The summed E-state index contributed by atoms with van der Waals surface area (Å²) in [5.41, 5.74) is 5.70. The van der Waals surface area contributed by atoms with E-state index in [9.17, 15) is 16.8 Å². The van der Waals surface area contributed by atoms with Gasteiger partial charge in [-0.1, -0.05) is 13.0 Å². The van der Waals surface area contributed by atoms with Crippen LogP contribution in [-0.4, -0.2) is 40.8 Å². The number of nitrogens with zero attached hydrogens (tertiary/aromatic N) is 1. The number of piperidine rings is 1. The Morgan fingerprint density at radius 3 is 2.45 bits per heavy atom. The molecule has 1 aliphatic rings. The zero-order chi connectivity index (χ0) is 16.5. The summed E-state index contributed by atoms with van der Waals surface area (Å²) in [5.74, 6) is 0.470. The van der Waals surface area contributed by atoms with Crippen LogP contribution in [0.1, 0.15) is 13.3 Å². The van der Waals surface area contributed by atoms with Gasteiger partial charge in [-0.25, -0.2) is 22.0 Å². The molecular weight excluding hydrogens is 326 g/mol. The Morgan fingerprint density at radius 2 is 1.86 bits per heavy atom. The number of nitrogens with two attached hydrogens (primary N) is 2. The quantitative estimate of drug-likeness (QED) is 0.789. The molecule has 1 saturated heterocycles. The molecule has 0 bridgehead atoms. The minimum Gasteiger partial charge on any atom is -0.330 e. The monoisotopic (exact) mass is 347 g/mol. The van der Waals surface area contributed by atoms with Crippen molar-refractivity contribution in [2.24, 2.45) is 22.7 Å². The molecule has 1 aliphatic heterocycles. The van der Waals surface area contributed by atoms with Crippen molar-refractivity contribution in [3.8, 4) is 0 Å². The second kappa shape index (κ2) is 6.25. The van der Waals surface area contributed by atoms with E-state index in [1.807, 2.05) is 0 Å². The van der Waals surface area contributed by atoms with E-state index in [4.69, 9.17) is 10.9 Å². The van der Waals surface area contributed by atoms with Crippen LogP contribution >= 0.6 is 0 Å². The molecule has 4 N–H and O–H groups in total. The molecule has 2 rings (SSSR count). The predicted octanol–water partition coefficient (Wildman–Crippen LogP) is -0.0606. The highest BCUT2D eigenvalue weighted by molar-refractivity contribution is 7.90. The highest BCUT2D eigenvalue weighted by atomic mass is 32.2. The van der Waals surface area contributed by atoms with Crippen LogP contribution in [0.15, 0.2) is 34.1 Å². The lowest BCUT2D eigenvalue weighted by Gasteiger charge is -2.35. The maximum absolute atomic E-state index is 12.7. The number of sulfonamides is 2. The Labute approximate surface area is 131 Å². The molecule has 1 aromatic carbocycles. The summed E-state index contributed by atoms with van der Waals surface area (Å²) in [6.07, 6.45) is 0.732. The molecule has 1 fully saturated rings. The van der Waals surface area contributed by atoms with Crippen molar-refractivity contribution >= 4 is 20.0 Å². The topological polar surface area (TPSA) is 124 Å². The SMILES string of the molecule is CC1CCN(S(=O)(=O)c2cccc(S(N)(=O)=O)c2)CC1CN. The van der Waals surface area contributed by atoms with Crippen LogP contribution in [0.2, 0.25) is 0 Å². The Bertz CT molecular complexity index is 746. The van der Waals surface area contributed by atoms with Gasteiger partial charge in [-0.15, -0.1) is 0 Å². The van der Waals surface area contributed by atoms with E-state index in [1.165, 1.54) is 22.5 Å². The highest BCUT2D eigenvalue weighted by Crippen LogP contribution is 2.27. The van der Waals surface area contributed by atoms with Gasteiger partial charge in [0.25, 0.3) is 0 Å². The summed E-state index contributed by atoms with van der Waals surface area (Å²) in [6, 6.07) is 5.12. The zero-order valence-electron chi connectivity index (χ0n) is 12.3. The number of rotatable bonds is 4. The fraction of sp³-hybridized carbons (Fsp3) is 0.538. The van der Waals surface area contributed by atoms with Gasteiger partial charge >= 0.3 is 0 Å². The molecule has 0 amide bonds. The number of primary sulfonamides is 1. The largest absolute Gasteiger partial charge is 0.330 e. The summed E-state index contributed by atoms with van der Waals surface area (Å²) in [7, 11) is -7.70. The van der Waals surface area contributed by atoms with Gasteiger partial charge in [-0.2, -0.15) is 4.31 Å². The average Bonchev–Trinajstić information content (AvgIpc) is 2.46. The summed E-state index contributed by atoms with van der Waals surface area (Å²) in [6.45, 7) is 3.23. The third-order valence-electron chi connectivity index (χ3n) is 4.15. The van der Waals surface area contributed by atoms with Gasteiger partial charge < -0.3 is 5.73 Å². The smallest absolute Gasteiger partial charge is 0.243 e. The fourth-order valence-corrected chi connectivity index (χ4v) is 4.79. The fourth-order valence-electron chi connectivity index (χ4n) is 2.60. The van der Waals surface area contributed by atoms with Crippen LogP contribution in [0.5, 0.6) is 0 Å². The van der Waals surface area contributed by atoms with Gasteiger partial charge in [0.2, 0.25) is 20.0 Å². The first-order chi connectivity index (χ1) is 10.2. The van der Waals surface area contributed by atoms with Crippen molar-refractivity contribution in [2.45, 2.75) is 23.1 Å². The Balaban J connectivity index is 2.35. The van der Waals surface area contributed by atoms with E-state index in [0.29, 0.717) is 25.6 Å². The molecule has 1 aromatic rings. The standard InChI is InChI=1S/C13H21N3O4S2/c1-10-5-6-16(9-11(10)8-14)22(19,20)13-4-2-3-12(7-13)21(15,17)18/h2-4,7,10-11H,5-6,8-9,14H2,1H3,(H2,15,17,18). The normalized spacial score (nSPS) is 24.3. The second-order valence-electron chi connectivity index (χ2n) is 5.64. The van der Waals surface area contributed by atoms with Gasteiger partial charge in [-0.05, 0) is 43.0 Å². The molecule has 0 spiro atoms. The van der Waals surface area contributed by atoms with Gasteiger partial charge in [0.05, 0.1) is 9.79 Å². The first-order valence-electron chi connectivity index (χ1n) is 6.99. The van der Waals surface area contributed by atoms with E-state index in [2.05, 4.69) is 6.92 Å². The number of hydrogen-bond donors (Lipinski definition) is 2. The van der Waals surface area contributed by atoms with E-state index in [1.54, 1.807) is 0 Å². The van der Waals surface area contributed by atoms with Crippen LogP contribution in [0.4, 0.5) is 0 Å². The van der Waals surface area contributed by atoms with Gasteiger partial charge in [0, 0.05) is 13.1 Å². The van der Waals surface area contributed by atoms with Crippen LogP contribution in [0.3, 0.4) is 0 Å². The van der Waals surface area contributed by atoms with E-state index in [0.717, 1.165) is 12.5 Å². The molecular formula is C13H21N3O4S2. The van der Waals surface area contributed by atoms with Crippen LogP contribution in [-0.2, 0) is 20.0 Å². The Kier molecular flexibility index (Phi) is 4.93. The molecule has 0 radical (unpaired) electrons. The average molecular weight is 347 g/mol. The molecule has 7 nitrogen and oxygen atoms in total. The van der Waals surface area contributed by atoms with E-state index < -0.39 is 20.0 Å². The Morgan fingerprint density at radius 1 is 1.23 bits per heavy atom. The second-order valence-corrected chi connectivity index (χ2v) is 9.14. The molecule has 124 valence electrons. The third-order valence-corrected chi connectivity index (χ3v) is 6.92. The lowest BCUT2D eigenvalue weighted by Crippen LogP contribution is -2.45. The maximum Gasteiger partial charge on any atom is 0.243 e. The lowest BCUT2D eigenvalue weighted by atomic mass is 9.88. The first-order valence-corrected chi connectivity index (χ1v) is 9.98. The van der Waals surface area contributed by atoms with Crippen molar-refractivity contribution < 1.29 is 16.8 Å². The van der Waals surface area contributed by atoms with Crippen molar-refractivity contribution in [1.29, 1.82) is 0 Å². The van der Waals surface area contributed by atoms with Gasteiger partial charge in [-0.3, -0.25) is 0 Å². The maximum atomic E-state index is 12.7. The van der Waals surface area contributed by atoms with Crippen molar-refractivity contribution in [1.82, 2.24) is 4.31 Å². The van der Waals surface area contributed by atoms with E-state index in [-0.39, 0.29) is 15.7 Å². The number of hydrogen-bond acceptors (Lipinski definition) is 5. The third kappa shape index (κ3) is 3.49. The lowest BCUT2D eigenvalue weighted by molar-refractivity contribution is 0.203. The van der Waals surface area contributed by atoms with Crippen LogP contribution in [0.25, 0.3) is 0 Å².